The molecule has 0 N–H and O–H groups in total. The number of nitrogens with zero attached hydrogens (tertiary/aromatic N) is 1. The summed E-state index contributed by atoms with van der Waals surface area (Å²) >= 11 is 4.73. The van der Waals surface area contributed by atoms with Crippen LogP contribution in [0.4, 0.5) is 0 Å². The molecule has 0 atom stereocenters. The molecule has 3 aromatic rings. The molecule has 3 rings (SSSR count). The number of aromatic carboxylic acids is 1. The van der Waals surface area contributed by atoms with Crippen molar-refractivity contribution in [1.29, 1.82) is 0 Å². The number of aryl methyl sites for hydroxylation is 1. The maximum absolute atomic E-state index is 10.9. The summed E-state index contributed by atoms with van der Waals surface area (Å²) in [6.45, 7) is 2.47. The van der Waals surface area contributed by atoms with E-state index in [9.17, 15) is 9.90 Å². The van der Waals surface area contributed by atoms with Gasteiger partial charge in [-0.2, -0.15) is 0 Å². The van der Waals surface area contributed by atoms with Crippen LogP contribution in [0.3, 0.4) is 0 Å². The largest absolute Gasteiger partial charge is 1.00 e. The summed E-state index contributed by atoms with van der Waals surface area (Å²) < 4.78 is 7.00. The number of carboxylic acids is 1. The zero-order valence-corrected chi connectivity index (χ0v) is 18.9. The van der Waals surface area contributed by atoms with Crippen LogP contribution in [0, 0.1) is 6.92 Å². The van der Waals surface area contributed by atoms with Crippen LogP contribution in [0.2, 0.25) is 0 Å². The van der Waals surface area contributed by atoms with E-state index in [4.69, 9.17) is 4.74 Å². The molecule has 128 valence electrons. The molecule has 0 aliphatic rings. The molecular formula is C19H15BrNNaO3S. The SMILES string of the molecule is Cc1ccc(OCc2ccc(Br)cc2)c(Cc2nc(C(=O)[O-])cs2)c1.[Na+]. The van der Waals surface area contributed by atoms with Crippen LogP contribution in [-0.2, 0) is 13.0 Å². The summed E-state index contributed by atoms with van der Waals surface area (Å²) in [6.07, 6.45) is 0.523. The number of hydrogen-bond donors (Lipinski definition) is 0. The van der Waals surface area contributed by atoms with E-state index in [0.717, 1.165) is 31.9 Å². The maximum atomic E-state index is 10.9. The first-order valence-corrected chi connectivity index (χ1v) is 9.31. The number of halogens is 1. The fourth-order valence-electron chi connectivity index (χ4n) is 2.38. The second-order valence-electron chi connectivity index (χ2n) is 5.62. The number of carboxylic acid groups (broad SMARTS) is 1. The van der Waals surface area contributed by atoms with Crippen LogP contribution < -0.4 is 39.4 Å². The van der Waals surface area contributed by atoms with Gasteiger partial charge in [0.1, 0.15) is 12.4 Å². The Kier molecular flexibility index (Phi) is 7.85. The molecule has 0 aliphatic heterocycles. The van der Waals surface area contributed by atoms with Crippen LogP contribution in [0.15, 0.2) is 52.3 Å². The number of ether oxygens (including phenoxy) is 1. The van der Waals surface area contributed by atoms with Crippen molar-refractivity contribution in [3.63, 3.8) is 0 Å². The first-order valence-electron chi connectivity index (χ1n) is 7.64. The maximum Gasteiger partial charge on any atom is 1.00 e. The van der Waals surface area contributed by atoms with Gasteiger partial charge in [-0.3, -0.25) is 0 Å². The van der Waals surface area contributed by atoms with Crippen molar-refractivity contribution < 1.29 is 44.2 Å². The molecular weight excluding hydrogens is 425 g/mol. The Hall–Kier alpha value is -1.18. The minimum absolute atomic E-state index is 0. The number of carbonyl (C=O) groups excluding carboxylic acids is 1. The zero-order chi connectivity index (χ0) is 17.8. The molecule has 0 radical (unpaired) electrons. The predicted octanol–water partition coefficient (Wildman–Crippen LogP) is 0.751. The van der Waals surface area contributed by atoms with Gasteiger partial charge in [-0.05, 0) is 30.7 Å². The zero-order valence-electron chi connectivity index (χ0n) is 14.5. The Labute approximate surface area is 186 Å². The van der Waals surface area contributed by atoms with Crippen LogP contribution >= 0.6 is 27.3 Å². The Morgan fingerprint density at radius 2 is 1.96 bits per heavy atom. The third-order valence-electron chi connectivity index (χ3n) is 3.63. The molecule has 0 aliphatic carbocycles. The number of hydrogen-bond acceptors (Lipinski definition) is 5. The van der Waals surface area contributed by atoms with Gasteiger partial charge in [-0.1, -0.05) is 45.8 Å². The number of thiazole rings is 1. The third kappa shape index (κ3) is 5.66. The third-order valence-corrected chi connectivity index (χ3v) is 5.00. The van der Waals surface area contributed by atoms with Gasteiger partial charge < -0.3 is 14.6 Å². The second kappa shape index (κ2) is 9.67. The minimum atomic E-state index is -1.25. The molecule has 4 nitrogen and oxygen atoms in total. The van der Waals surface area contributed by atoms with Gasteiger partial charge in [0.2, 0.25) is 0 Å². The molecule has 0 fully saturated rings. The van der Waals surface area contributed by atoms with Crippen molar-refractivity contribution >= 4 is 33.2 Å². The van der Waals surface area contributed by atoms with Gasteiger partial charge in [0.15, 0.2) is 0 Å². The first kappa shape index (κ1) is 21.1. The van der Waals surface area contributed by atoms with Crippen LogP contribution in [0.5, 0.6) is 5.75 Å². The molecule has 0 bridgehead atoms. The summed E-state index contributed by atoms with van der Waals surface area (Å²) in [5.74, 6) is -0.475. The van der Waals surface area contributed by atoms with Crippen LogP contribution in [-0.4, -0.2) is 11.0 Å². The average molecular weight is 440 g/mol. The normalized spacial score (nSPS) is 10.2. The number of benzene rings is 2. The average Bonchev–Trinajstić information content (AvgIpc) is 3.04. The van der Waals surface area contributed by atoms with Crippen molar-refractivity contribution in [2.24, 2.45) is 0 Å². The standard InChI is InChI=1S/C19H16BrNO3S.Na/c1-12-2-7-17(24-10-13-3-5-15(20)6-4-13)14(8-12)9-18-21-16(11-25-18)19(22)23;/h2-8,11H,9-10H2,1H3,(H,22,23);/q;+1/p-1. The molecule has 26 heavy (non-hydrogen) atoms. The quantitative estimate of drug-likeness (QED) is 0.531. The van der Waals surface area contributed by atoms with E-state index in [2.05, 4.69) is 20.9 Å². The van der Waals surface area contributed by atoms with Crippen molar-refractivity contribution in [3.05, 3.63) is 79.7 Å². The Bertz CT molecular complexity index is 896. The van der Waals surface area contributed by atoms with Crippen LogP contribution in [0.1, 0.15) is 32.2 Å². The van der Waals surface area contributed by atoms with E-state index in [1.165, 1.54) is 16.7 Å². The summed E-state index contributed by atoms with van der Waals surface area (Å²) in [4.78, 5) is 15.0. The van der Waals surface area contributed by atoms with E-state index >= 15 is 0 Å². The van der Waals surface area contributed by atoms with Crippen molar-refractivity contribution in [3.8, 4) is 5.75 Å². The van der Waals surface area contributed by atoms with Gasteiger partial charge in [0.25, 0.3) is 0 Å². The van der Waals surface area contributed by atoms with Crippen molar-refractivity contribution in [2.75, 3.05) is 0 Å². The minimum Gasteiger partial charge on any atom is -0.543 e. The van der Waals surface area contributed by atoms with Gasteiger partial charge in [0.05, 0.1) is 16.7 Å². The van der Waals surface area contributed by atoms with E-state index in [1.807, 2.05) is 49.4 Å². The molecule has 1 aromatic heterocycles. The van der Waals surface area contributed by atoms with E-state index in [0.29, 0.717) is 13.0 Å². The van der Waals surface area contributed by atoms with Gasteiger partial charge in [0, 0.05) is 21.8 Å². The Balaban J connectivity index is 0.00000243. The molecule has 7 heteroatoms. The van der Waals surface area contributed by atoms with Crippen molar-refractivity contribution in [2.45, 2.75) is 20.0 Å². The number of carbonyl (C=O) groups is 1. The Morgan fingerprint density at radius 1 is 1.23 bits per heavy atom. The van der Waals surface area contributed by atoms with E-state index in [1.54, 1.807) is 0 Å². The Morgan fingerprint density at radius 3 is 2.62 bits per heavy atom. The topological polar surface area (TPSA) is 62.2 Å². The summed E-state index contributed by atoms with van der Waals surface area (Å²) in [5.41, 5.74) is 3.15. The molecule has 0 unspecified atom stereocenters. The number of rotatable bonds is 6. The molecule has 1 heterocycles. The van der Waals surface area contributed by atoms with E-state index in [-0.39, 0.29) is 35.3 Å². The summed E-state index contributed by atoms with van der Waals surface area (Å²) in [7, 11) is 0. The van der Waals surface area contributed by atoms with Crippen LogP contribution in [0.25, 0.3) is 0 Å². The molecule has 0 spiro atoms. The first-order chi connectivity index (χ1) is 12.0. The molecule has 0 amide bonds. The monoisotopic (exact) mass is 439 g/mol. The predicted molar refractivity (Wildman–Crippen MR) is 98.9 cm³/mol. The fourth-order valence-corrected chi connectivity index (χ4v) is 3.43. The molecule has 0 saturated heterocycles. The van der Waals surface area contributed by atoms with Gasteiger partial charge in [-0.25, -0.2) is 4.98 Å². The summed E-state index contributed by atoms with van der Waals surface area (Å²) in [5, 5.41) is 13.1. The summed E-state index contributed by atoms with van der Waals surface area (Å²) in [6, 6.07) is 13.9. The van der Waals surface area contributed by atoms with E-state index < -0.39 is 5.97 Å². The fraction of sp³-hybridized carbons (Fsp3) is 0.158. The second-order valence-corrected chi connectivity index (χ2v) is 7.48. The number of aromatic nitrogens is 1. The van der Waals surface area contributed by atoms with Crippen molar-refractivity contribution in [1.82, 2.24) is 4.98 Å². The molecule has 2 aromatic carbocycles. The molecule has 0 saturated carbocycles. The van der Waals surface area contributed by atoms with Gasteiger partial charge in [-0.15, -0.1) is 11.3 Å². The smallest absolute Gasteiger partial charge is 0.543 e. The van der Waals surface area contributed by atoms with Gasteiger partial charge >= 0.3 is 29.6 Å².